The zero-order valence-electron chi connectivity index (χ0n) is 12.1. The minimum absolute atomic E-state index is 0.353. The maximum Gasteiger partial charge on any atom is 0.109 e. The Morgan fingerprint density at radius 2 is 2.16 bits per heavy atom. The lowest BCUT2D eigenvalue weighted by molar-refractivity contribution is 0.239. The predicted octanol–water partition coefficient (Wildman–Crippen LogP) is 3.33. The molecule has 0 aliphatic heterocycles. The van der Waals surface area contributed by atoms with Gasteiger partial charge in [-0.2, -0.15) is 0 Å². The van der Waals surface area contributed by atoms with Crippen LogP contribution in [0.4, 0.5) is 0 Å². The summed E-state index contributed by atoms with van der Waals surface area (Å²) in [5.74, 6) is 1.54. The molecule has 1 aromatic carbocycles. The molecule has 0 amide bonds. The van der Waals surface area contributed by atoms with E-state index in [2.05, 4.69) is 47.3 Å². The highest BCUT2D eigenvalue weighted by Crippen LogP contribution is 2.43. The average molecular weight is 257 g/mol. The van der Waals surface area contributed by atoms with E-state index < -0.39 is 0 Å². The van der Waals surface area contributed by atoms with Gasteiger partial charge < -0.3 is 10.3 Å². The molecule has 1 aromatic heterocycles. The normalized spacial score (nSPS) is 17.9. The number of hydrogen-bond acceptors (Lipinski definition) is 2. The van der Waals surface area contributed by atoms with E-state index in [1.54, 1.807) is 0 Å². The lowest BCUT2D eigenvalue weighted by Crippen LogP contribution is -2.42. The summed E-state index contributed by atoms with van der Waals surface area (Å²) in [7, 11) is 2.05. The molecule has 0 radical (unpaired) electrons. The number of rotatable bonds is 4. The van der Waals surface area contributed by atoms with Crippen LogP contribution >= 0.6 is 0 Å². The first-order chi connectivity index (χ1) is 9.14. The number of hydrogen-bond donors (Lipinski definition) is 2. The summed E-state index contributed by atoms with van der Waals surface area (Å²) >= 11 is 0. The van der Waals surface area contributed by atoms with Crippen molar-refractivity contribution in [2.45, 2.75) is 44.4 Å². The molecule has 0 spiro atoms. The fourth-order valence-electron chi connectivity index (χ4n) is 3.14. The van der Waals surface area contributed by atoms with Gasteiger partial charge in [0.1, 0.15) is 5.82 Å². The Hall–Kier alpha value is -1.35. The Balaban J connectivity index is 2.01. The Morgan fingerprint density at radius 3 is 2.74 bits per heavy atom. The van der Waals surface area contributed by atoms with Crippen LogP contribution in [-0.2, 0) is 5.41 Å². The van der Waals surface area contributed by atoms with Gasteiger partial charge >= 0.3 is 0 Å². The molecule has 3 heteroatoms. The molecule has 0 bridgehead atoms. The number of fused-ring (bicyclic) bond motifs is 1. The largest absolute Gasteiger partial charge is 0.342 e. The first-order valence-corrected chi connectivity index (χ1v) is 7.29. The minimum Gasteiger partial charge on any atom is -0.342 e. The van der Waals surface area contributed by atoms with E-state index in [4.69, 9.17) is 0 Å². The monoisotopic (exact) mass is 257 g/mol. The van der Waals surface area contributed by atoms with E-state index >= 15 is 0 Å². The summed E-state index contributed by atoms with van der Waals surface area (Å²) in [6, 6.07) is 6.75. The molecule has 1 aliphatic rings. The zero-order valence-corrected chi connectivity index (χ0v) is 12.1. The highest BCUT2D eigenvalue weighted by Gasteiger charge is 2.38. The van der Waals surface area contributed by atoms with Crippen LogP contribution in [0.25, 0.3) is 11.0 Å². The van der Waals surface area contributed by atoms with E-state index in [0.29, 0.717) is 11.3 Å². The van der Waals surface area contributed by atoms with Crippen molar-refractivity contribution in [1.29, 1.82) is 0 Å². The number of aromatic nitrogens is 2. The molecule has 0 saturated heterocycles. The standard InChI is InChI=1S/C16H23N3/c1-11(2)15-18-13-6-5-12(9-14(13)19-15)16(10-17-3)7-4-8-16/h5-6,9,11,17H,4,7-8,10H2,1-3H3,(H,18,19). The lowest BCUT2D eigenvalue weighted by atomic mass is 9.64. The number of likely N-dealkylation sites (N-methyl/N-ethyl adjacent to an activating group) is 1. The van der Waals surface area contributed by atoms with Crippen molar-refractivity contribution < 1.29 is 0 Å². The third kappa shape index (κ3) is 2.06. The van der Waals surface area contributed by atoms with Gasteiger partial charge in [0.05, 0.1) is 11.0 Å². The molecule has 2 N–H and O–H groups in total. The third-order valence-corrected chi connectivity index (χ3v) is 4.49. The highest BCUT2D eigenvalue weighted by atomic mass is 14.9. The summed E-state index contributed by atoms with van der Waals surface area (Å²) in [4.78, 5) is 8.12. The van der Waals surface area contributed by atoms with Gasteiger partial charge in [-0.25, -0.2) is 4.98 Å². The van der Waals surface area contributed by atoms with Gasteiger partial charge in [0, 0.05) is 17.9 Å². The highest BCUT2D eigenvalue weighted by molar-refractivity contribution is 5.76. The van der Waals surface area contributed by atoms with Gasteiger partial charge in [-0.15, -0.1) is 0 Å². The van der Waals surface area contributed by atoms with Crippen LogP contribution in [0.3, 0.4) is 0 Å². The van der Waals surface area contributed by atoms with Crippen LogP contribution in [0.15, 0.2) is 18.2 Å². The Labute approximate surface area is 114 Å². The second-order valence-corrected chi connectivity index (χ2v) is 6.17. The van der Waals surface area contributed by atoms with Crippen molar-refractivity contribution >= 4 is 11.0 Å². The quantitative estimate of drug-likeness (QED) is 0.882. The zero-order chi connectivity index (χ0) is 13.5. The number of nitrogens with zero attached hydrogens (tertiary/aromatic N) is 1. The first kappa shape index (κ1) is 12.7. The maximum absolute atomic E-state index is 4.65. The molecule has 1 heterocycles. The second kappa shape index (κ2) is 4.64. The van der Waals surface area contributed by atoms with Crippen LogP contribution < -0.4 is 5.32 Å². The molecule has 1 saturated carbocycles. The van der Waals surface area contributed by atoms with E-state index in [1.165, 1.54) is 30.3 Å². The van der Waals surface area contributed by atoms with Crippen molar-refractivity contribution in [3.05, 3.63) is 29.6 Å². The van der Waals surface area contributed by atoms with Crippen LogP contribution in [-0.4, -0.2) is 23.6 Å². The number of nitrogens with one attached hydrogen (secondary N) is 2. The average Bonchev–Trinajstić information content (AvgIpc) is 2.76. The summed E-state index contributed by atoms with van der Waals surface area (Å²) in [6.07, 6.45) is 3.94. The molecule has 19 heavy (non-hydrogen) atoms. The number of H-pyrrole nitrogens is 1. The molecule has 3 rings (SSSR count). The van der Waals surface area contributed by atoms with E-state index in [1.807, 2.05) is 7.05 Å². The third-order valence-electron chi connectivity index (χ3n) is 4.49. The van der Waals surface area contributed by atoms with Gasteiger partial charge in [0.25, 0.3) is 0 Å². The van der Waals surface area contributed by atoms with Crippen molar-refractivity contribution in [3.63, 3.8) is 0 Å². The van der Waals surface area contributed by atoms with E-state index in [0.717, 1.165) is 17.9 Å². The topological polar surface area (TPSA) is 40.7 Å². The minimum atomic E-state index is 0.353. The van der Waals surface area contributed by atoms with E-state index in [9.17, 15) is 0 Å². The van der Waals surface area contributed by atoms with Gasteiger partial charge in [0.15, 0.2) is 0 Å². The maximum atomic E-state index is 4.65. The van der Waals surface area contributed by atoms with Gasteiger partial charge in [0.2, 0.25) is 0 Å². The van der Waals surface area contributed by atoms with Crippen LogP contribution in [0.2, 0.25) is 0 Å². The number of imidazole rings is 1. The molecule has 1 aliphatic carbocycles. The Bertz CT molecular complexity index is 579. The first-order valence-electron chi connectivity index (χ1n) is 7.29. The van der Waals surface area contributed by atoms with Gasteiger partial charge in [-0.05, 0) is 37.6 Å². The van der Waals surface area contributed by atoms with Gasteiger partial charge in [-0.1, -0.05) is 26.3 Å². The smallest absolute Gasteiger partial charge is 0.109 e. The second-order valence-electron chi connectivity index (χ2n) is 6.17. The Morgan fingerprint density at radius 1 is 1.37 bits per heavy atom. The number of aromatic amines is 1. The predicted molar refractivity (Wildman–Crippen MR) is 79.6 cm³/mol. The molecular formula is C16H23N3. The summed E-state index contributed by atoms with van der Waals surface area (Å²) in [6.45, 7) is 5.42. The van der Waals surface area contributed by atoms with Crippen molar-refractivity contribution in [1.82, 2.24) is 15.3 Å². The molecule has 0 atom stereocenters. The molecule has 102 valence electrons. The fourth-order valence-corrected chi connectivity index (χ4v) is 3.14. The van der Waals surface area contributed by atoms with Crippen molar-refractivity contribution in [2.24, 2.45) is 0 Å². The van der Waals surface area contributed by atoms with Crippen LogP contribution in [0.1, 0.15) is 50.4 Å². The van der Waals surface area contributed by atoms with E-state index in [-0.39, 0.29) is 0 Å². The molecular weight excluding hydrogens is 234 g/mol. The number of benzene rings is 1. The fraction of sp³-hybridized carbons (Fsp3) is 0.562. The van der Waals surface area contributed by atoms with Gasteiger partial charge in [-0.3, -0.25) is 0 Å². The summed E-state index contributed by atoms with van der Waals surface area (Å²) < 4.78 is 0. The Kier molecular flexibility index (Phi) is 3.09. The van der Waals surface area contributed by atoms with Crippen molar-refractivity contribution in [3.8, 4) is 0 Å². The van der Waals surface area contributed by atoms with Crippen LogP contribution in [0, 0.1) is 0 Å². The molecule has 0 unspecified atom stereocenters. The molecule has 3 nitrogen and oxygen atoms in total. The van der Waals surface area contributed by atoms with Crippen molar-refractivity contribution in [2.75, 3.05) is 13.6 Å². The SMILES string of the molecule is CNCC1(c2ccc3nc(C(C)C)[nH]c3c2)CCC1. The summed E-state index contributed by atoms with van der Waals surface area (Å²) in [5, 5.41) is 3.35. The molecule has 2 aromatic rings. The molecule has 1 fully saturated rings. The summed E-state index contributed by atoms with van der Waals surface area (Å²) in [5.41, 5.74) is 4.08. The lowest BCUT2D eigenvalue weighted by Gasteiger charge is -2.42. The van der Waals surface area contributed by atoms with Crippen LogP contribution in [0.5, 0.6) is 0 Å².